The largest absolute Gasteiger partial charge is 0.491 e. The molecule has 0 aromatic heterocycles. The zero-order valence-corrected chi connectivity index (χ0v) is 13.9. The summed E-state index contributed by atoms with van der Waals surface area (Å²) in [7, 11) is -3.40. The second kappa shape index (κ2) is 6.14. The van der Waals surface area contributed by atoms with E-state index in [1.54, 1.807) is 0 Å². The van der Waals surface area contributed by atoms with Crippen LogP contribution in [0.4, 0.5) is 0 Å². The molecule has 0 aliphatic rings. The number of benzene rings is 1. The van der Waals surface area contributed by atoms with E-state index in [0.29, 0.717) is 0 Å². The summed E-state index contributed by atoms with van der Waals surface area (Å²) < 4.78 is 32.0. The summed E-state index contributed by atoms with van der Waals surface area (Å²) in [5.41, 5.74) is 3.45. The highest BCUT2D eigenvalue weighted by Crippen LogP contribution is 2.30. The molecule has 0 fully saturated rings. The molecule has 1 rings (SSSR count). The lowest BCUT2D eigenvalue weighted by atomic mass is 9.85. The lowest BCUT2D eigenvalue weighted by Crippen LogP contribution is -2.14. The predicted molar refractivity (Wildman–Crippen MR) is 80.9 cm³/mol. The van der Waals surface area contributed by atoms with Gasteiger partial charge in [-0.25, -0.2) is 0 Å². The molecule has 0 aliphatic heterocycles. The zero-order chi connectivity index (χ0) is 15.6. The van der Waals surface area contributed by atoms with Crippen molar-refractivity contribution >= 4 is 10.1 Å². The van der Waals surface area contributed by atoms with Crippen molar-refractivity contribution in [2.75, 3.05) is 19.5 Å². The van der Waals surface area contributed by atoms with Crippen molar-refractivity contribution in [3.05, 3.63) is 28.8 Å². The van der Waals surface area contributed by atoms with Crippen molar-refractivity contribution in [3.63, 3.8) is 0 Å². The Hall–Kier alpha value is -1.07. The first-order valence-electron chi connectivity index (χ1n) is 6.59. The van der Waals surface area contributed by atoms with Crippen LogP contribution in [0.25, 0.3) is 0 Å². The molecule has 1 aromatic carbocycles. The molecule has 114 valence electrons. The molecule has 0 aliphatic carbocycles. The van der Waals surface area contributed by atoms with Crippen LogP contribution in [-0.2, 0) is 19.7 Å². The van der Waals surface area contributed by atoms with E-state index in [1.165, 1.54) is 5.56 Å². The minimum atomic E-state index is -3.40. The third-order valence-corrected chi connectivity index (χ3v) is 3.55. The molecule has 0 saturated carbocycles. The summed E-state index contributed by atoms with van der Waals surface area (Å²) in [5.74, 6) is 0.801. The number of hydrogen-bond acceptors (Lipinski definition) is 4. The van der Waals surface area contributed by atoms with Gasteiger partial charge in [0, 0.05) is 0 Å². The molecular formula is C15H24O4S. The molecule has 1 aromatic rings. The van der Waals surface area contributed by atoms with Gasteiger partial charge in [-0.1, -0.05) is 32.9 Å². The van der Waals surface area contributed by atoms with Gasteiger partial charge < -0.3 is 4.74 Å². The molecule has 0 saturated heterocycles. The lowest BCUT2D eigenvalue weighted by Gasteiger charge is -2.22. The van der Waals surface area contributed by atoms with Crippen LogP contribution in [0.3, 0.4) is 0 Å². The third-order valence-electron chi connectivity index (χ3n) is 2.95. The maximum atomic E-state index is 10.9. The van der Waals surface area contributed by atoms with Crippen molar-refractivity contribution < 1.29 is 17.3 Å². The first-order chi connectivity index (χ1) is 9.00. The first-order valence-corrected chi connectivity index (χ1v) is 8.41. The number of aryl methyl sites for hydroxylation is 2. The van der Waals surface area contributed by atoms with E-state index in [-0.39, 0.29) is 18.6 Å². The molecule has 0 atom stereocenters. The third kappa shape index (κ3) is 5.13. The molecular weight excluding hydrogens is 276 g/mol. The van der Waals surface area contributed by atoms with Gasteiger partial charge in [0.1, 0.15) is 19.0 Å². The van der Waals surface area contributed by atoms with Crippen molar-refractivity contribution in [2.24, 2.45) is 0 Å². The first kappa shape index (κ1) is 17.0. The van der Waals surface area contributed by atoms with E-state index >= 15 is 0 Å². The quantitative estimate of drug-likeness (QED) is 0.619. The van der Waals surface area contributed by atoms with Crippen molar-refractivity contribution in [1.29, 1.82) is 0 Å². The summed E-state index contributed by atoms with van der Waals surface area (Å²) in [6, 6.07) is 4.22. The number of ether oxygens (including phenoxy) is 1. The maximum Gasteiger partial charge on any atom is 0.264 e. The van der Waals surface area contributed by atoms with Gasteiger partial charge >= 0.3 is 0 Å². The Kier molecular flexibility index (Phi) is 5.21. The standard InChI is InChI=1S/C15H24O4S/c1-11-9-13(15(3,4)5)10-12(2)14(11)18-7-8-19-20(6,16)17/h9-10H,7-8H2,1-6H3. The summed E-state index contributed by atoms with van der Waals surface area (Å²) in [5, 5.41) is 0. The van der Waals surface area contributed by atoms with Gasteiger partial charge in [-0.3, -0.25) is 4.18 Å². The predicted octanol–water partition coefficient (Wildman–Crippen LogP) is 2.96. The fourth-order valence-electron chi connectivity index (χ4n) is 1.94. The van der Waals surface area contributed by atoms with Crippen LogP contribution in [0.15, 0.2) is 12.1 Å². The van der Waals surface area contributed by atoms with Gasteiger partial charge in [0.25, 0.3) is 10.1 Å². The summed E-state index contributed by atoms with van der Waals surface area (Å²) in [6.07, 6.45) is 1.03. The monoisotopic (exact) mass is 300 g/mol. The lowest BCUT2D eigenvalue weighted by molar-refractivity contribution is 0.220. The normalized spacial score (nSPS) is 12.5. The van der Waals surface area contributed by atoms with E-state index in [4.69, 9.17) is 4.74 Å². The van der Waals surface area contributed by atoms with Crippen molar-refractivity contribution in [2.45, 2.75) is 40.0 Å². The average molecular weight is 300 g/mol. The van der Waals surface area contributed by atoms with Crippen LogP contribution < -0.4 is 4.74 Å². The Morgan fingerprint density at radius 3 is 1.95 bits per heavy atom. The van der Waals surface area contributed by atoms with Crippen LogP contribution in [0.2, 0.25) is 0 Å². The molecule has 5 heteroatoms. The van der Waals surface area contributed by atoms with Crippen LogP contribution >= 0.6 is 0 Å². The fourth-order valence-corrected chi connectivity index (χ4v) is 2.31. The van der Waals surface area contributed by atoms with Crippen molar-refractivity contribution in [1.82, 2.24) is 0 Å². The highest BCUT2D eigenvalue weighted by atomic mass is 32.2. The van der Waals surface area contributed by atoms with E-state index < -0.39 is 10.1 Å². The summed E-state index contributed by atoms with van der Waals surface area (Å²) in [4.78, 5) is 0. The Labute approximate surface area is 122 Å². The Morgan fingerprint density at radius 1 is 1.05 bits per heavy atom. The minimum absolute atomic E-state index is 0.0265. The summed E-state index contributed by atoms with van der Waals surface area (Å²) >= 11 is 0. The van der Waals surface area contributed by atoms with Gasteiger partial charge in [-0.2, -0.15) is 8.42 Å². The Balaban J connectivity index is 2.77. The van der Waals surface area contributed by atoms with E-state index in [0.717, 1.165) is 23.1 Å². The SMILES string of the molecule is Cc1cc(C(C)(C)C)cc(C)c1OCCOS(C)(=O)=O. The molecule has 0 bridgehead atoms. The number of rotatable bonds is 5. The second-order valence-electron chi connectivity index (χ2n) is 6.06. The van der Waals surface area contributed by atoms with Gasteiger partial charge in [-0.15, -0.1) is 0 Å². The van der Waals surface area contributed by atoms with Gasteiger partial charge in [0.05, 0.1) is 6.26 Å². The van der Waals surface area contributed by atoms with Gasteiger partial charge in [0.2, 0.25) is 0 Å². The molecule has 4 nitrogen and oxygen atoms in total. The summed E-state index contributed by atoms with van der Waals surface area (Å²) in [6.45, 7) is 10.7. The van der Waals surface area contributed by atoms with Crippen molar-refractivity contribution in [3.8, 4) is 5.75 Å². The highest BCUT2D eigenvalue weighted by Gasteiger charge is 2.16. The van der Waals surface area contributed by atoms with Gasteiger partial charge in [-0.05, 0) is 36.0 Å². The van der Waals surface area contributed by atoms with Crippen LogP contribution in [0.5, 0.6) is 5.75 Å². The molecule has 0 amide bonds. The fraction of sp³-hybridized carbons (Fsp3) is 0.600. The van der Waals surface area contributed by atoms with Crippen LogP contribution in [0.1, 0.15) is 37.5 Å². The molecule has 0 spiro atoms. The Bertz CT molecular complexity index is 545. The zero-order valence-electron chi connectivity index (χ0n) is 13.1. The molecule has 0 unspecified atom stereocenters. The molecule has 0 heterocycles. The molecule has 0 radical (unpaired) electrons. The molecule has 0 N–H and O–H groups in total. The number of hydrogen-bond donors (Lipinski definition) is 0. The second-order valence-corrected chi connectivity index (χ2v) is 7.71. The molecule has 20 heavy (non-hydrogen) atoms. The average Bonchev–Trinajstić information content (AvgIpc) is 2.23. The smallest absolute Gasteiger partial charge is 0.264 e. The minimum Gasteiger partial charge on any atom is -0.491 e. The van der Waals surface area contributed by atoms with E-state index in [1.807, 2.05) is 13.8 Å². The van der Waals surface area contributed by atoms with Crippen LogP contribution in [-0.4, -0.2) is 27.9 Å². The highest BCUT2D eigenvalue weighted by molar-refractivity contribution is 7.85. The maximum absolute atomic E-state index is 10.9. The topological polar surface area (TPSA) is 52.6 Å². The Morgan fingerprint density at radius 2 is 1.55 bits per heavy atom. The van der Waals surface area contributed by atoms with E-state index in [9.17, 15) is 8.42 Å². The van der Waals surface area contributed by atoms with E-state index in [2.05, 4.69) is 37.1 Å². The van der Waals surface area contributed by atoms with Gasteiger partial charge in [0.15, 0.2) is 0 Å². The van der Waals surface area contributed by atoms with Crippen LogP contribution in [0, 0.1) is 13.8 Å².